The second kappa shape index (κ2) is 11.6. The highest BCUT2D eigenvalue weighted by molar-refractivity contribution is 6.31. The number of allylic oxidation sites excluding steroid dienone is 1. The van der Waals surface area contributed by atoms with Crippen LogP contribution in [0.25, 0.3) is 11.4 Å². The van der Waals surface area contributed by atoms with Crippen LogP contribution < -0.4 is 10.6 Å². The number of rotatable bonds is 7. The van der Waals surface area contributed by atoms with Crippen molar-refractivity contribution in [3.63, 3.8) is 0 Å². The lowest BCUT2D eigenvalue weighted by Crippen LogP contribution is -2.34. The third kappa shape index (κ3) is 5.39. The second-order valence-electron chi connectivity index (χ2n) is 9.27. The quantitative estimate of drug-likeness (QED) is 0.281. The van der Waals surface area contributed by atoms with Crippen LogP contribution in [0.15, 0.2) is 102 Å². The minimum atomic E-state index is -0.802. The molecular formula is C31H28ClN5O3. The average Bonchev–Trinajstić information content (AvgIpc) is 3.39. The van der Waals surface area contributed by atoms with E-state index < -0.39 is 17.8 Å². The van der Waals surface area contributed by atoms with Crippen LogP contribution in [0.5, 0.6) is 0 Å². The van der Waals surface area contributed by atoms with Crippen LogP contribution in [0.1, 0.15) is 36.6 Å². The third-order valence-electron chi connectivity index (χ3n) is 6.59. The predicted molar refractivity (Wildman–Crippen MR) is 155 cm³/mol. The molecule has 0 fully saturated rings. The van der Waals surface area contributed by atoms with Crippen LogP contribution in [-0.2, 0) is 14.3 Å². The Morgan fingerprint density at radius 2 is 1.75 bits per heavy atom. The molecule has 0 saturated carbocycles. The van der Waals surface area contributed by atoms with Gasteiger partial charge in [-0.1, -0.05) is 48.0 Å². The summed E-state index contributed by atoms with van der Waals surface area (Å²) in [5, 5.41) is 6.62. The molecular weight excluding hydrogens is 526 g/mol. The van der Waals surface area contributed by atoms with E-state index in [0.717, 1.165) is 16.9 Å². The van der Waals surface area contributed by atoms with Crippen molar-refractivity contribution >= 4 is 35.0 Å². The molecule has 1 amide bonds. The van der Waals surface area contributed by atoms with Crippen molar-refractivity contribution in [1.82, 2.24) is 19.9 Å². The molecule has 2 N–H and O–H groups in total. The summed E-state index contributed by atoms with van der Waals surface area (Å²) in [7, 11) is 0. The van der Waals surface area contributed by atoms with Gasteiger partial charge in [0.15, 0.2) is 0 Å². The van der Waals surface area contributed by atoms with Gasteiger partial charge in [-0.3, -0.25) is 4.79 Å². The van der Waals surface area contributed by atoms with E-state index in [1.165, 1.54) is 0 Å². The van der Waals surface area contributed by atoms with Crippen molar-refractivity contribution in [3.05, 3.63) is 124 Å². The van der Waals surface area contributed by atoms with Crippen LogP contribution in [0.3, 0.4) is 0 Å². The van der Waals surface area contributed by atoms with Crippen molar-refractivity contribution in [2.75, 3.05) is 11.9 Å². The van der Waals surface area contributed by atoms with E-state index in [0.29, 0.717) is 33.4 Å². The maximum atomic E-state index is 13.8. The lowest BCUT2D eigenvalue weighted by Gasteiger charge is -2.32. The molecule has 8 nitrogen and oxygen atoms in total. The fourth-order valence-electron chi connectivity index (χ4n) is 4.79. The van der Waals surface area contributed by atoms with Crippen molar-refractivity contribution in [1.29, 1.82) is 0 Å². The Hall–Kier alpha value is -4.69. The fourth-order valence-corrected chi connectivity index (χ4v) is 5.03. The van der Waals surface area contributed by atoms with Gasteiger partial charge in [-0.05, 0) is 62.2 Å². The van der Waals surface area contributed by atoms with E-state index in [-0.39, 0.29) is 12.2 Å². The first-order valence-electron chi connectivity index (χ1n) is 12.8. The van der Waals surface area contributed by atoms with Gasteiger partial charge in [0.05, 0.1) is 35.8 Å². The molecule has 202 valence electrons. The number of pyridine rings is 1. The third-order valence-corrected chi connectivity index (χ3v) is 6.94. The SMILES string of the molecule is CCOC(=O)C1=C(c2ccc(-n3cnc(C)c3)cc2)NC(C)=C(C(=O)Nc2ccccn2)C1c1ccccc1Cl. The Morgan fingerprint density at radius 1 is 1.00 bits per heavy atom. The number of halogens is 1. The zero-order valence-corrected chi connectivity index (χ0v) is 23.1. The molecule has 0 saturated heterocycles. The van der Waals surface area contributed by atoms with Gasteiger partial charge in [-0.15, -0.1) is 0 Å². The Bertz CT molecular complexity index is 1620. The smallest absolute Gasteiger partial charge is 0.337 e. The van der Waals surface area contributed by atoms with Gasteiger partial charge in [0.25, 0.3) is 5.91 Å². The summed E-state index contributed by atoms with van der Waals surface area (Å²) in [6, 6.07) is 20.2. The number of amides is 1. The standard InChI is InChI=1S/C31H28ClN5O3/c1-4-40-31(39)28-27(23-9-5-6-10-24(23)32)26(30(38)36-25-11-7-8-16-33-25)20(3)35-29(28)21-12-14-22(15-13-21)37-17-19(2)34-18-37/h5-18,27,35H,4H2,1-3H3,(H,33,36,38). The number of hydrogen-bond donors (Lipinski definition) is 2. The van der Waals surface area contributed by atoms with E-state index in [9.17, 15) is 9.59 Å². The first kappa shape index (κ1) is 26.9. The average molecular weight is 554 g/mol. The molecule has 5 rings (SSSR count). The van der Waals surface area contributed by atoms with Crippen LogP contribution in [0.2, 0.25) is 5.02 Å². The number of imidazole rings is 1. The summed E-state index contributed by atoms with van der Waals surface area (Å²) >= 11 is 6.70. The number of nitrogens with one attached hydrogen (secondary N) is 2. The second-order valence-corrected chi connectivity index (χ2v) is 9.67. The number of esters is 1. The van der Waals surface area contributed by atoms with E-state index >= 15 is 0 Å². The Labute approximate surface area is 237 Å². The molecule has 0 spiro atoms. The molecule has 1 aliphatic rings. The monoisotopic (exact) mass is 553 g/mol. The van der Waals surface area contributed by atoms with E-state index in [2.05, 4.69) is 20.6 Å². The highest BCUT2D eigenvalue weighted by Crippen LogP contribution is 2.44. The minimum absolute atomic E-state index is 0.169. The Morgan fingerprint density at radius 3 is 2.40 bits per heavy atom. The zero-order valence-electron chi connectivity index (χ0n) is 22.3. The number of nitrogens with zero attached hydrogens (tertiary/aromatic N) is 3. The molecule has 1 atom stereocenters. The lowest BCUT2D eigenvalue weighted by molar-refractivity contribution is -0.138. The number of carbonyl (C=O) groups excluding carboxylic acids is 2. The number of hydrogen-bond acceptors (Lipinski definition) is 6. The van der Waals surface area contributed by atoms with Crippen LogP contribution in [-0.4, -0.2) is 33.0 Å². The molecule has 0 bridgehead atoms. The molecule has 4 aromatic rings. The molecule has 1 unspecified atom stereocenters. The molecule has 1 aliphatic heterocycles. The zero-order chi connectivity index (χ0) is 28.2. The number of anilines is 1. The molecule has 40 heavy (non-hydrogen) atoms. The molecule has 2 aromatic heterocycles. The van der Waals surface area contributed by atoms with E-state index in [1.54, 1.807) is 43.7 Å². The Kier molecular flexibility index (Phi) is 7.79. The van der Waals surface area contributed by atoms with Gasteiger partial charge in [-0.25, -0.2) is 14.8 Å². The van der Waals surface area contributed by atoms with Crippen LogP contribution in [0, 0.1) is 6.92 Å². The van der Waals surface area contributed by atoms with E-state index in [4.69, 9.17) is 16.3 Å². The number of dihydropyridines is 1. The van der Waals surface area contributed by atoms with Gasteiger partial charge < -0.3 is 19.9 Å². The first-order valence-corrected chi connectivity index (χ1v) is 13.2. The maximum Gasteiger partial charge on any atom is 0.337 e. The summed E-state index contributed by atoms with van der Waals surface area (Å²) in [6.45, 7) is 5.65. The number of carbonyl (C=O) groups is 2. The Balaban J connectivity index is 1.66. The van der Waals surface area contributed by atoms with Crippen LogP contribution >= 0.6 is 11.6 Å². The summed E-state index contributed by atoms with van der Waals surface area (Å²) in [5.74, 6) is -1.35. The number of ether oxygens (including phenoxy) is 1. The van der Waals surface area contributed by atoms with E-state index in [1.807, 2.05) is 67.1 Å². The predicted octanol–water partition coefficient (Wildman–Crippen LogP) is 5.80. The summed E-state index contributed by atoms with van der Waals surface area (Å²) in [4.78, 5) is 35.9. The highest BCUT2D eigenvalue weighted by Gasteiger charge is 2.39. The summed E-state index contributed by atoms with van der Waals surface area (Å²) < 4.78 is 7.47. The molecule has 0 radical (unpaired) electrons. The van der Waals surface area contributed by atoms with Gasteiger partial charge in [-0.2, -0.15) is 0 Å². The first-order chi connectivity index (χ1) is 19.4. The lowest BCUT2D eigenvalue weighted by atomic mass is 9.78. The molecule has 9 heteroatoms. The van der Waals surface area contributed by atoms with Crippen molar-refractivity contribution in [2.45, 2.75) is 26.7 Å². The molecule has 3 heterocycles. The van der Waals surface area contributed by atoms with Gasteiger partial charge in [0, 0.05) is 34.4 Å². The molecule has 2 aromatic carbocycles. The number of aryl methyl sites for hydroxylation is 1. The van der Waals surface area contributed by atoms with Gasteiger partial charge >= 0.3 is 5.97 Å². The van der Waals surface area contributed by atoms with Gasteiger partial charge in [0.2, 0.25) is 0 Å². The topological polar surface area (TPSA) is 98.1 Å². The normalized spacial score (nSPS) is 15.1. The fraction of sp³-hybridized carbons (Fsp3) is 0.161. The summed E-state index contributed by atoms with van der Waals surface area (Å²) in [6.07, 6.45) is 5.28. The minimum Gasteiger partial charge on any atom is -0.463 e. The van der Waals surface area contributed by atoms with Gasteiger partial charge in [0.1, 0.15) is 5.82 Å². The summed E-state index contributed by atoms with van der Waals surface area (Å²) in [5.41, 5.74) is 4.95. The van der Waals surface area contributed by atoms with Crippen LogP contribution in [0.4, 0.5) is 5.82 Å². The largest absolute Gasteiger partial charge is 0.463 e. The van der Waals surface area contributed by atoms with Crippen molar-refractivity contribution in [3.8, 4) is 5.69 Å². The molecule has 0 aliphatic carbocycles. The van der Waals surface area contributed by atoms with Crippen molar-refractivity contribution in [2.24, 2.45) is 0 Å². The highest BCUT2D eigenvalue weighted by atomic mass is 35.5. The number of aromatic nitrogens is 3. The maximum absolute atomic E-state index is 13.8. The van der Waals surface area contributed by atoms with Crippen molar-refractivity contribution < 1.29 is 14.3 Å². The number of benzene rings is 2.